The average Bonchev–Trinajstić information content (AvgIpc) is 2.75. The van der Waals surface area contributed by atoms with Crippen LogP contribution in [0, 0.1) is 5.82 Å². The van der Waals surface area contributed by atoms with Gasteiger partial charge in [0.05, 0.1) is 11.6 Å². The third kappa shape index (κ3) is 5.62. The molecule has 0 saturated carbocycles. The lowest BCUT2D eigenvalue weighted by atomic mass is 10.2. The Hall–Kier alpha value is -2.45. The number of hydrogen-bond acceptors (Lipinski definition) is 3. The van der Waals surface area contributed by atoms with Crippen LogP contribution in [0.3, 0.4) is 0 Å². The van der Waals surface area contributed by atoms with Crippen molar-refractivity contribution in [3.8, 4) is 0 Å². The quantitative estimate of drug-likeness (QED) is 0.478. The van der Waals surface area contributed by atoms with E-state index in [4.69, 9.17) is 23.2 Å². The molecule has 0 unspecified atom stereocenters. The molecule has 162 valence electrons. The lowest BCUT2D eigenvalue weighted by Crippen LogP contribution is -2.41. The highest BCUT2D eigenvalue weighted by Gasteiger charge is 2.30. The van der Waals surface area contributed by atoms with E-state index in [2.05, 4.69) is 0 Å². The molecule has 0 atom stereocenters. The van der Waals surface area contributed by atoms with Crippen molar-refractivity contribution in [1.82, 2.24) is 4.31 Å². The summed E-state index contributed by atoms with van der Waals surface area (Å²) in [4.78, 5) is 14.0. The Morgan fingerprint density at radius 1 is 0.968 bits per heavy atom. The molecule has 0 fully saturated rings. The van der Waals surface area contributed by atoms with E-state index in [0.29, 0.717) is 11.3 Å². The van der Waals surface area contributed by atoms with Crippen molar-refractivity contribution >= 4 is 44.8 Å². The molecule has 5 nitrogen and oxygen atoms in total. The van der Waals surface area contributed by atoms with Crippen LogP contribution in [-0.2, 0) is 21.4 Å². The summed E-state index contributed by atoms with van der Waals surface area (Å²) < 4.78 is 41.1. The molecule has 0 heterocycles. The van der Waals surface area contributed by atoms with Gasteiger partial charge < -0.3 is 4.90 Å². The van der Waals surface area contributed by atoms with Gasteiger partial charge in [-0.05, 0) is 48.0 Å². The minimum atomic E-state index is -4.16. The molecular weight excluding hydrogens is 462 g/mol. The van der Waals surface area contributed by atoms with Gasteiger partial charge in [0.2, 0.25) is 15.9 Å². The molecule has 0 N–H and O–H groups in total. The minimum absolute atomic E-state index is 0.00167. The number of benzene rings is 3. The number of halogens is 3. The Kier molecular flexibility index (Phi) is 7.33. The fourth-order valence-electron chi connectivity index (χ4n) is 2.89. The largest absolute Gasteiger partial charge is 0.314 e. The summed E-state index contributed by atoms with van der Waals surface area (Å²) in [5, 5.41) is 0.208. The van der Waals surface area contributed by atoms with Crippen LogP contribution in [0.25, 0.3) is 0 Å². The predicted octanol–water partition coefficient (Wildman–Crippen LogP) is 4.99. The van der Waals surface area contributed by atoms with Crippen LogP contribution in [0.15, 0.2) is 77.7 Å². The van der Waals surface area contributed by atoms with E-state index in [1.165, 1.54) is 54.4 Å². The van der Waals surface area contributed by atoms with Crippen LogP contribution in [0.5, 0.6) is 0 Å². The predicted molar refractivity (Wildman–Crippen MR) is 120 cm³/mol. The Bertz CT molecular complexity index is 1170. The Morgan fingerprint density at radius 3 is 2.26 bits per heavy atom. The molecule has 1 amide bonds. The summed E-state index contributed by atoms with van der Waals surface area (Å²) >= 11 is 12.1. The molecule has 0 aliphatic heterocycles. The summed E-state index contributed by atoms with van der Waals surface area (Å²) in [5.74, 6) is -0.933. The van der Waals surface area contributed by atoms with Gasteiger partial charge in [-0.15, -0.1) is 0 Å². The smallest absolute Gasteiger partial charge is 0.245 e. The van der Waals surface area contributed by atoms with Gasteiger partial charge in [-0.25, -0.2) is 12.8 Å². The highest BCUT2D eigenvalue weighted by Crippen LogP contribution is 2.29. The second-order valence-corrected chi connectivity index (χ2v) is 9.51. The van der Waals surface area contributed by atoms with Gasteiger partial charge in [-0.1, -0.05) is 53.5 Å². The summed E-state index contributed by atoms with van der Waals surface area (Å²) in [7, 11) is -2.67. The topological polar surface area (TPSA) is 57.7 Å². The summed E-state index contributed by atoms with van der Waals surface area (Å²) in [5.41, 5.74) is 1.13. The first-order chi connectivity index (χ1) is 14.7. The Labute approximate surface area is 190 Å². The third-order valence-electron chi connectivity index (χ3n) is 4.61. The molecule has 0 aliphatic carbocycles. The molecule has 0 aromatic heterocycles. The highest BCUT2D eigenvalue weighted by molar-refractivity contribution is 7.89. The van der Waals surface area contributed by atoms with Crippen molar-refractivity contribution in [3.05, 3.63) is 94.2 Å². The number of carbonyl (C=O) groups is 1. The van der Waals surface area contributed by atoms with Gasteiger partial charge in [0.25, 0.3) is 0 Å². The molecular formula is C22H19Cl2FN2O3S. The van der Waals surface area contributed by atoms with Crippen molar-refractivity contribution in [1.29, 1.82) is 0 Å². The summed E-state index contributed by atoms with van der Waals surface area (Å²) in [6, 6.07) is 18.3. The molecule has 0 spiro atoms. The van der Waals surface area contributed by atoms with Gasteiger partial charge in [0.1, 0.15) is 10.7 Å². The van der Waals surface area contributed by atoms with Crippen molar-refractivity contribution < 1.29 is 17.6 Å². The Balaban J connectivity index is 1.95. The monoisotopic (exact) mass is 480 g/mol. The number of likely N-dealkylation sites (N-methyl/N-ethyl adjacent to an activating group) is 1. The number of anilines is 1. The third-order valence-corrected chi connectivity index (χ3v) is 7.12. The highest BCUT2D eigenvalue weighted by atomic mass is 35.5. The Morgan fingerprint density at radius 2 is 1.61 bits per heavy atom. The number of sulfonamides is 1. The van der Waals surface area contributed by atoms with Gasteiger partial charge >= 0.3 is 0 Å². The lowest BCUT2D eigenvalue weighted by molar-refractivity contribution is -0.118. The molecule has 0 saturated heterocycles. The van der Waals surface area contributed by atoms with Crippen molar-refractivity contribution in [2.75, 3.05) is 18.5 Å². The van der Waals surface area contributed by atoms with Crippen LogP contribution in [0.2, 0.25) is 10.0 Å². The molecule has 9 heteroatoms. The van der Waals surface area contributed by atoms with Gasteiger partial charge in [-0.3, -0.25) is 4.79 Å². The van der Waals surface area contributed by atoms with Crippen LogP contribution in [-0.4, -0.2) is 32.2 Å². The molecule has 31 heavy (non-hydrogen) atoms. The van der Waals surface area contributed by atoms with Gasteiger partial charge in [0.15, 0.2) is 0 Å². The van der Waals surface area contributed by atoms with E-state index in [1.807, 2.05) is 6.07 Å². The van der Waals surface area contributed by atoms with Crippen LogP contribution < -0.4 is 4.90 Å². The summed E-state index contributed by atoms with van der Waals surface area (Å²) in [6.07, 6.45) is 0. The maximum Gasteiger partial charge on any atom is 0.245 e. The maximum atomic E-state index is 13.4. The van der Waals surface area contributed by atoms with E-state index in [-0.39, 0.29) is 21.5 Å². The molecule has 3 aromatic rings. The van der Waals surface area contributed by atoms with Crippen LogP contribution >= 0.6 is 23.2 Å². The van der Waals surface area contributed by atoms with Crippen molar-refractivity contribution in [2.24, 2.45) is 0 Å². The number of nitrogens with zero attached hydrogens (tertiary/aromatic N) is 2. The van der Waals surface area contributed by atoms with Gasteiger partial charge in [0, 0.05) is 24.3 Å². The second-order valence-electron chi connectivity index (χ2n) is 6.76. The van der Waals surface area contributed by atoms with E-state index in [9.17, 15) is 17.6 Å². The number of rotatable bonds is 7. The molecule has 3 aromatic carbocycles. The SMILES string of the molecule is CN(C(=O)CN(Cc1ccccc1)S(=O)(=O)c1cc(Cl)ccc1Cl)c1ccc(F)cc1. The zero-order chi connectivity index (χ0) is 22.6. The lowest BCUT2D eigenvalue weighted by Gasteiger charge is -2.25. The fraction of sp³-hybridized carbons (Fsp3) is 0.136. The zero-order valence-electron chi connectivity index (χ0n) is 16.5. The number of carbonyl (C=O) groups excluding carboxylic acids is 1. The number of hydrogen-bond donors (Lipinski definition) is 0. The molecule has 0 aliphatic rings. The van der Waals surface area contributed by atoms with E-state index in [0.717, 1.165) is 4.31 Å². The molecule has 3 rings (SSSR count). The maximum absolute atomic E-state index is 13.4. The van der Waals surface area contributed by atoms with Crippen LogP contribution in [0.4, 0.5) is 10.1 Å². The fourth-order valence-corrected chi connectivity index (χ4v) is 5.01. The van der Waals surface area contributed by atoms with E-state index < -0.39 is 28.3 Å². The first-order valence-corrected chi connectivity index (χ1v) is 11.4. The van der Waals surface area contributed by atoms with Crippen molar-refractivity contribution in [3.63, 3.8) is 0 Å². The summed E-state index contributed by atoms with van der Waals surface area (Å²) in [6.45, 7) is -0.497. The first-order valence-electron chi connectivity index (χ1n) is 9.20. The van der Waals surface area contributed by atoms with E-state index in [1.54, 1.807) is 24.3 Å². The van der Waals surface area contributed by atoms with Crippen LogP contribution in [0.1, 0.15) is 5.56 Å². The second kappa shape index (κ2) is 9.78. The van der Waals surface area contributed by atoms with Crippen molar-refractivity contribution in [2.45, 2.75) is 11.4 Å². The van der Waals surface area contributed by atoms with Gasteiger partial charge in [-0.2, -0.15) is 4.31 Å². The average molecular weight is 481 g/mol. The molecule has 0 radical (unpaired) electrons. The molecule has 0 bridgehead atoms. The normalized spacial score (nSPS) is 11.5. The standard InChI is InChI=1S/C22H19Cl2FN2O3S/c1-26(19-10-8-18(25)9-11-19)22(28)15-27(14-16-5-3-2-4-6-16)31(29,30)21-13-17(23)7-12-20(21)24/h2-13H,14-15H2,1H3. The minimum Gasteiger partial charge on any atom is -0.314 e. The first kappa shape index (κ1) is 23.2. The van der Waals surface area contributed by atoms with E-state index >= 15 is 0 Å². The number of amides is 1. The zero-order valence-corrected chi connectivity index (χ0v) is 18.8.